The first-order valence-electron chi connectivity index (χ1n) is 29.8. The number of aliphatic hydroxyl groups excluding tert-OH is 7. The lowest BCUT2D eigenvalue weighted by Crippen LogP contribution is -2.64. The summed E-state index contributed by atoms with van der Waals surface area (Å²) in [6, 6.07) is 12.7. The van der Waals surface area contributed by atoms with Gasteiger partial charge in [0.1, 0.15) is 72.6 Å². The largest absolute Gasteiger partial charge is 0.508 e. The van der Waals surface area contributed by atoms with Gasteiger partial charge in [-0.3, -0.25) is 33.6 Å². The van der Waals surface area contributed by atoms with Gasteiger partial charge in [0.05, 0.1) is 58.6 Å². The maximum Gasteiger partial charge on any atom is 0.397 e. The number of likely N-dealkylation sites (N-methyl/N-ethyl adjacent to an activating group) is 1. The smallest absolute Gasteiger partial charge is 0.397 e. The number of amides is 7. The minimum absolute atomic E-state index is 0.00807. The number of ether oxygens (including phenoxy) is 2. The molecule has 25 nitrogen and oxygen atoms in total. The lowest BCUT2D eigenvalue weighted by Gasteiger charge is -2.34. The Kier molecular flexibility index (Phi) is 23.2. The molecule has 0 spiro atoms. The zero-order chi connectivity index (χ0) is 66.1. The van der Waals surface area contributed by atoms with Crippen LogP contribution in [0.15, 0.2) is 97.1 Å². The lowest BCUT2D eigenvalue weighted by molar-refractivity contribution is -0.870. The zero-order valence-electron chi connectivity index (χ0n) is 51.1. The molecule has 90 heavy (non-hydrogen) atoms. The van der Waals surface area contributed by atoms with Crippen LogP contribution in [0.25, 0.3) is 22.3 Å². The number of rotatable bonds is 18. The number of phenols is 1. The summed E-state index contributed by atoms with van der Waals surface area (Å²) >= 11 is 0. The van der Waals surface area contributed by atoms with Crippen LogP contribution in [0.1, 0.15) is 81.8 Å². The van der Waals surface area contributed by atoms with E-state index in [1.54, 1.807) is 24.3 Å². The molecule has 3 fully saturated rings. The van der Waals surface area contributed by atoms with Gasteiger partial charge < -0.3 is 91.2 Å². The first-order chi connectivity index (χ1) is 42.4. The highest BCUT2D eigenvalue weighted by Gasteiger charge is 2.50. The Morgan fingerprint density at radius 3 is 1.76 bits per heavy atom. The molecular formula is C63H83F2N8O17+. The summed E-state index contributed by atoms with van der Waals surface area (Å²) in [6.45, 7) is 4.69. The molecule has 0 radical (unpaired) electrons. The van der Waals surface area contributed by atoms with Crippen molar-refractivity contribution in [1.82, 2.24) is 36.4 Å². The van der Waals surface area contributed by atoms with Crippen LogP contribution >= 0.6 is 0 Å². The van der Waals surface area contributed by atoms with Gasteiger partial charge in [0.15, 0.2) is 6.23 Å². The van der Waals surface area contributed by atoms with Crippen molar-refractivity contribution >= 4 is 41.4 Å². The maximum atomic E-state index is 14.8. The molecule has 0 aromatic heterocycles. The molecule has 3 aliphatic rings. The van der Waals surface area contributed by atoms with E-state index in [1.807, 2.05) is 52.3 Å². The molecule has 15 atom stereocenters. The number of benzene rings is 4. The van der Waals surface area contributed by atoms with Crippen LogP contribution in [0.5, 0.6) is 11.5 Å². The van der Waals surface area contributed by atoms with E-state index in [0.29, 0.717) is 28.5 Å². The van der Waals surface area contributed by atoms with Crippen molar-refractivity contribution in [2.45, 2.75) is 151 Å². The van der Waals surface area contributed by atoms with Gasteiger partial charge in [-0.05, 0) is 84.5 Å². The average molecular weight is 1260 g/mol. The van der Waals surface area contributed by atoms with E-state index < -0.39 is 164 Å². The van der Waals surface area contributed by atoms with Crippen molar-refractivity contribution in [1.29, 1.82) is 0 Å². The number of aromatic hydroxyl groups is 1. The number of halogens is 2. The highest BCUT2D eigenvalue weighted by atomic mass is 19.3. The average Bonchev–Trinajstić information content (AvgIpc) is 1.66. The number of unbranched alkanes of at least 4 members (excludes halogenated alkanes) is 1. The maximum absolute atomic E-state index is 14.8. The number of nitrogens with zero attached hydrogens (tertiary/aromatic N) is 3. The van der Waals surface area contributed by atoms with Crippen LogP contribution in [0.4, 0.5) is 8.78 Å². The number of quaternary nitrogens is 1. The molecule has 7 rings (SSSR count). The fourth-order valence-electron chi connectivity index (χ4n) is 10.9. The summed E-state index contributed by atoms with van der Waals surface area (Å²) in [5.74, 6) is -9.22. The molecule has 27 heteroatoms. The number of fused-ring (bicyclic) bond motifs is 2. The van der Waals surface area contributed by atoms with E-state index >= 15 is 0 Å². The third-order valence-electron chi connectivity index (χ3n) is 16.1. The molecule has 4 aromatic rings. The van der Waals surface area contributed by atoms with E-state index in [1.165, 1.54) is 43.3 Å². The number of hydrogen-bond acceptors (Lipinski definition) is 17. The van der Waals surface area contributed by atoms with E-state index in [0.717, 1.165) is 46.9 Å². The van der Waals surface area contributed by atoms with Gasteiger partial charge in [-0.25, -0.2) is 0 Å². The first kappa shape index (κ1) is 69.7. The quantitative estimate of drug-likeness (QED) is 0.0600. The van der Waals surface area contributed by atoms with Crippen LogP contribution in [0.3, 0.4) is 0 Å². The monoisotopic (exact) mass is 1260 g/mol. The number of carbonyl (C=O) groups excluding carboxylic acids is 7. The fraction of sp³-hybridized carbons (Fsp3) is 0.508. The second-order valence-electron chi connectivity index (χ2n) is 24.4. The normalized spacial score (nSPS) is 26.6. The number of phenolic OH excluding ortho intramolecular Hbond substituents is 1. The Morgan fingerprint density at radius 2 is 1.21 bits per heavy atom. The Morgan fingerprint density at radius 1 is 0.689 bits per heavy atom. The number of aliphatic hydroxyl groups is 7. The standard InChI is InChI=1S/C63H82F2N8O17/c1-8-9-26-63(64,65)90-44-24-20-39(21-25-44)37-12-10-36(11-13-37)38-14-16-41(17-15-38)55(82)66-45-30-47(78)60(89-28-27-73(5,6)7)70-59(86)51-52(79)33(2)31-72(51)62(88)49(35(4)75)68-58(85)50(54(81)53(80)40-18-22-42(76)23-19-40)69-57(84)46-29-43(77)32-71(46)61(87)48(34(3)74)67-56(45)83/h10-25,33-35,43,45-54,60,74-75,77-81H,8-9,26-32H2,1-7H3,(H5-,66,67,68,69,70,76,82,83,84,85,86)/p+1/t33-,34+,35+,43+,45-,46-,47+,48-,49-,50-,51-,52-,53-,54-,60+/m0/s1. The minimum Gasteiger partial charge on any atom is -0.508 e. The molecule has 3 saturated heterocycles. The van der Waals surface area contributed by atoms with Gasteiger partial charge in [0.25, 0.3) is 5.91 Å². The Balaban J connectivity index is 1.23. The van der Waals surface area contributed by atoms with Crippen molar-refractivity contribution in [3.63, 3.8) is 0 Å². The summed E-state index contributed by atoms with van der Waals surface area (Å²) in [5, 5.41) is 102. The molecule has 4 aromatic carbocycles. The molecule has 13 N–H and O–H groups in total. The van der Waals surface area contributed by atoms with E-state index in [4.69, 9.17) is 9.47 Å². The van der Waals surface area contributed by atoms with Gasteiger partial charge in [0, 0.05) is 37.4 Å². The first-order valence-corrected chi connectivity index (χ1v) is 29.8. The Hall–Kier alpha value is -7.73. The molecule has 0 bridgehead atoms. The molecular weight excluding hydrogens is 1180 g/mol. The van der Waals surface area contributed by atoms with Crippen molar-refractivity contribution < 1.29 is 97.2 Å². The highest BCUT2D eigenvalue weighted by Crippen LogP contribution is 2.32. The van der Waals surface area contributed by atoms with Gasteiger partial charge in [0.2, 0.25) is 35.4 Å². The van der Waals surface area contributed by atoms with Crippen molar-refractivity contribution in [3.8, 4) is 33.8 Å². The summed E-state index contributed by atoms with van der Waals surface area (Å²) in [5.41, 5.74) is 2.77. The Bertz CT molecular complexity index is 3140. The molecule has 7 amide bonds. The lowest BCUT2D eigenvalue weighted by atomic mass is 9.96. The molecule has 490 valence electrons. The van der Waals surface area contributed by atoms with E-state index in [2.05, 4.69) is 26.6 Å². The highest BCUT2D eigenvalue weighted by molar-refractivity contribution is 6.00. The molecule has 3 heterocycles. The van der Waals surface area contributed by atoms with Crippen LogP contribution in [-0.2, 0) is 33.5 Å². The van der Waals surface area contributed by atoms with E-state index in [9.17, 15) is 83.2 Å². The molecule has 3 aliphatic heterocycles. The number of alkyl halides is 2. The van der Waals surface area contributed by atoms with Gasteiger partial charge in [-0.1, -0.05) is 80.9 Å². The SMILES string of the molecule is CCCCC(F)(F)Oc1ccc(-c2ccc(-c3ccc(C(=O)N[C@H]4C[C@@H](O)[C@@H](OCC[N+](C)(C)C)NC(=O)[C@@H]5[C@@H](O)[C@@H](C)CN5C(=O)[C@H]([C@@H](C)O)NC(=O)[C@H]([C@H](O)[C@@H](O)c5ccc(O)cc5)NC(=O)[C@@H]5C[C@@H](O)CN5C(=O)[C@H]([C@@H](C)O)NC4=O)cc3)cc2)cc1. The van der Waals surface area contributed by atoms with Gasteiger partial charge in [-0.2, -0.15) is 8.78 Å². The summed E-state index contributed by atoms with van der Waals surface area (Å²) in [7, 11) is 5.47. The predicted molar refractivity (Wildman–Crippen MR) is 320 cm³/mol. The van der Waals surface area contributed by atoms with Crippen molar-refractivity contribution in [3.05, 3.63) is 108 Å². The third kappa shape index (κ3) is 17.6. The summed E-state index contributed by atoms with van der Waals surface area (Å²) in [4.78, 5) is 104. The fourth-order valence-corrected chi connectivity index (χ4v) is 10.9. The van der Waals surface area contributed by atoms with E-state index in [-0.39, 0.29) is 42.3 Å². The topological polar surface area (TPSA) is 366 Å². The second kappa shape index (κ2) is 29.9. The summed E-state index contributed by atoms with van der Waals surface area (Å²) in [6.07, 6.45) is -18.8. The van der Waals surface area contributed by atoms with Crippen LogP contribution in [-0.4, -0.2) is 229 Å². The number of hydrogen-bond donors (Lipinski definition) is 13. The number of nitrogens with one attached hydrogen (secondary N) is 5. The molecule has 0 saturated carbocycles. The van der Waals surface area contributed by atoms with Crippen molar-refractivity contribution in [2.75, 3.05) is 47.4 Å². The van der Waals surface area contributed by atoms with Crippen LogP contribution in [0.2, 0.25) is 0 Å². The third-order valence-corrected chi connectivity index (χ3v) is 16.1. The zero-order valence-corrected chi connectivity index (χ0v) is 51.1. The van der Waals surface area contributed by atoms with Crippen LogP contribution in [0, 0.1) is 5.92 Å². The Labute approximate surface area is 519 Å². The van der Waals surface area contributed by atoms with Gasteiger partial charge >= 0.3 is 6.11 Å². The van der Waals surface area contributed by atoms with Gasteiger partial charge in [-0.15, -0.1) is 0 Å². The van der Waals surface area contributed by atoms with Crippen LogP contribution < -0.4 is 31.3 Å². The predicted octanol–water partition coefficient (Wildman–Crippen LogP) is 0.396. The summed E-state index contributed by atoms with van der Waals surface area (Å²) < 4.78 is 39.9. The molecule has 0 unspecified atom stereocenters. The minimum atomic E-state index is -3.31. The molecule has 0 aliphatic carbocycles. The number of carbonyl (C=O) groups is 7. The van der Waals surface area contributed by atoms with Crippen molar-refractivity contribution in [2.24, 2.45) is 5.92 Å². The second-order valence-corrected chi connectivity index (χ2v) is 24.4.